The van der Waals surface area contributed by atoms with E-state index in [1.54, 1.807) is 0 Å². The van der Waals surface area contributed by atoms with E-state index in [9.17, 15) is 9.59 Å². The summed E-state index contributed by atoms with van der Waals surface area (Å²) in [4.78, 5) is 30.1. The molecule has 2 rings (SSSR count). The summed E-state index contributed by atoms with van der Waals surface area (Å²) in [5, 5.41) is 3.35. The van der Waals surface area contributed by atoms with Gasteiger partial charge in [-0.15, -0.1) is 11.3 Å². The van der Waals surface area contributed by atoms with Crippen molar-refractivity contribution in [1.29, 1.82) is 0 Å². The number of nitrogens with zero attached hydrogens (tertiary/aromatic N) is 2. The van der Waals surface area contributed by atoms with Gasteiger partial charge in [-0.3, -0.25) is 14.5 Å². The van der Waals surface area contributed by atoms with Gasteiger partial charge in [0.2, 0.25) is 0 Å². The third-order valence-corrected chi connectivity index (χ3v) is 4.71. The van der Waals surface area contributed by atoms with E-state index in [1.165, 1.54) is 19.5 Å². The van der Waals surface area contributed by atoms with Crippen molar-refractivity contribution in [2.45, 2.75) is 45.7 Å². The molecule has 0 bridgehead atoms. The summed E-state index contributed by atoms with van der Waals surface area (Å²) in [5.74, 6) is -0.235. The number of nitrogens with one attached hydrogen (secondary N) is 1. The van der Waals surface area contributed by atoms with Crippen molar-refractivity contribution in [3.05, 3.63) is 16.1 Å². The summed E-state index contributed by atoms with van der Waals surface area (Å²) in [7, 11) is 0. The van der Waals surface area contributed by atoms with E-state index in [4.69, 9.17) is 0 Å². The smallest absolute Gasteiger partial charge is 0.263 e. The molecule has 1 aromatic heterocycles. The molecule has 0 unspecified atom stereocenters. The second-order valence-electron chi connectivity index (χ2n) is 5.42. The highest BCUT2D eigenvalue weighted by atomic mass is 32.1. The molecule has 0 saturated carbocycles. The number of carbonyl (C=O) groups is 2. The lowest BCUT2D eigenvalue weighted by atomic mass is 10.2. The SMILES string of the molecule is CC(=O)c1ncc(C(=O)NC[C@H]2CCCN2C(C)C)s1. The maximum absolute atomic E-state index is 12.0. The number of carbonyl (C=O) groups excluding carboxylic acids is 2. The normalized spacial score (nSPS) is 19.5. The molecule has 2 heterocycles. The fourth-order valence-corrected chi connectivity index (χ4v) is 3.32. The minimum atomic E-state index is -0.134. The van der Waals surface area contributed by atoms with Gasteiger partial charge >= 0.3 is 0 Å². The van der Waals surface area contributed by atoms with Crippen LogP contribution in [0.1, 0.15) is 53.1 Å². The Morgan fingerprint density at radius 1 is 1.55 bits per heavy atom. The minimum Gasteiger partial charge on any atom is -0.350 e. The molecule has 110 valence electrons. The van der Waals surface area contributed by atoms with Crippen LogP contribution < -0.4 is 5.32 Å². The van der Waals surface area contributed by atoms with Gasteiger partial charge in [0.15, 0.2) is 10.8 Å². The molecule has 1 atom stereocenters. The number of ketones is 1. The maximum Gasteiger partial charge on any atom is 0.263 e. The highest BCUT2D eigenvalue weighted by Gasteiger charge is 2.26. The number of likely N-dealkylation sites (tertiary alicyclic amines) is 1. The lowest BCUT2D eigenvalue weighted by molar-refractivity contribution is 0.0938. The summed E-state index contributed by atoms with van der Waals surface area (Å²) in [6, 6.07) is 0.922. The standard InChI is InChI=1S/C14H21N3O2S/c1-9(2)17-6-4-5-11(17)7-15-13(19)12-8-16-14(20-12)10(3)18/h8-9,11H,4-7H2,1-3H3,(H,15,19)/t11-/m1/s1. The molecule has 1 aromatic rings. The van der Waals surface area contributed by atoms with Gasteiger partial charge in [-0.05, 0) is 33.2 Å². The molecule has 0 radical (unpaired) electrons. The average Bonchev–Trinajstić information content (AvgIpc) is 3.04. The van der Waals surface area contributed by atoms with Gasteiger partial charge in [0.25, 0.3) is 5.91 Å². The molecular weight excluding hydrogens is 274 g/mol. The molecule has 1 saturated heterocycles. The largest absolute Gasteiger partial charge is 0.350 e. The topological polar surface area (TPSA) is 62.3 Å². The second kappa shape index (κ2) is 6.45. The van der Waals surface area contributed by atoms with Crippen LogP contribution in [0.25, 0.3) is 0 Å². The monoisotopic (exact) mass is 295 g/mol. The summed E-state index contributed by atoms with van der Waals surface area (Å²) in [6.07, 6.45) is 3.79. The molecule has 1 aliphatic heterocycles. The molecule has 1 fully saturated rings. The fraction of sp³-hybridized carbons (Fsp3) is 0.643. The quantitative estimate of drug-likeness (QED) is 0.843. The number of hydrogen-bond acceptors (Lipinski definition) is 5. The van der Waals surface area contributed by atoms with E-state index in [-0.39, 0.29) is 11.7 Å². The first kappa shape index (κ1) is 15.1. The van der Waals surface area contributed by atoms with Gasteiger partial charge in [0.1, 0.15) is 4.88 Å². The second-order valence-corrected chi connectivity index (χ2v) is 6.45. The van der Waals surface area contributed by atoms with Crippen LogP contribution in [0.2, 0.25) is 0 Å². The maximum atomic E-state index is 12.0. The summed E-state index contributed by atoms with van der Waals surface area (Å²) in [5.41, 5.74) is 0. The van der Waals surface area contributed by atoms with E-state index in [0.29, 0.717) is 28.5 Å². The van der Waals surface area contributed by atoms with Gasteiger partial charge < -0.3 is 5.32 Å². The zero-order valence-corrected chi connectivity index (χ0v) is 13.0. The van der Waals surface area contributed by atoms with Crippen LogP contribution in [0.3, 0.4) is 0 Å². The number of aromatic nitrogens is 1. The van der Waals surface area contributed by atoms with E-state index >= 15 is 0 Å². The number of hydrogen-bond donors (Lipinski definition) is 1. The first-order valence-corrected chi connectivity index (χ1v) is 7.81. The van der Waals surface area contributed by atoms with Crippen LogP contribution in [0, 0.1) is 0 Å². The van der Waals surface area contributed by atoms with Gasteiger partial charge in [0, 0.05) is 25.6 Å². The molecule has 6 heteroatoms. The number of Topliss-reactive ketones (excluding diaryl/α,β-unsaturated/α-hetero) is 1. The van der Waals surface area contributed by atoms with Crippen LogP contribution in [-0.4, -0.2) is 46.7 Å². The minimum absolute atomic E-state index is 0.101. The van der Waals surface area contributed by atoms with Crippen LogP contribution in [-0.2, 0) is 0 Å². The highest BCUT2D eigenvalue weighted by molar-refractivity contribution is 7.15. The Balaban J connectivity index is 1.90. The predicted molar refractivity (Wildman–Crippen MR) is 79.3 cm³/mol. The number of rotatable bonds is 5. The third-order valence-electron chi connectivity index (χ3n) is 3.61. The zero-order chi connectivity index (χ0) is 14.7. The van der Waals surface area contributed by atoms with Crippen molar-refractivity contribution in [1.82, 2.24) is 15.2 Å². The molecule has 0 aliphatic carbocycles. The number of amides is 1. The molecule has 1 aliphatic rings. The average molecular weight is 295 g/mol. The fourth-order valence-electron chi connectivity index (χ4n) is 2.60. The molecule has 5 nitrogen and oxygen atoms in total. The molecule has 0 aromatic carbocycles. The van der Waals surface area contributed by atoms with Gasteiger partial charge in [-0.1, -0.05) is 0 Å². The highest BCUT2D eigenvalue weighted by Crippen LogP contribution is 2.19. The lowest BCUT2D eigenvalue weighted by Crippen LogP contribution is -2.43. The van der Waals surface area contributed by atoms with E-state index in [0.717, 1.165) is 24.3 Å². The van der Waals surface area contributed by atoms with Crippen LogP contribution in [0.4, 0.5) is 0 Å². The van der Waals surface area contributed by atoms with Crippen molar-refractivity contribution in [2.75, 3.05) is 13.1 Å². The molecule has 20 heavy (non-hydrogen) atoms. The summed E-state index contributed by atoms with van der Waals surface area (Å²) >= 11 is 1.15. The molecule has 1 N–H and O–H groups in total. The lowest BCUT2D eigenvalue weighted by Gasteiger charge is -2.28. The van der Waals surface area contributed by atoms with Crippen LogP contribution >= 0.6 is 11.3 Å². The Hall–Kier alpha value is -1.27. The van der Waals surface area contributed by atoms with Crippen LogP contribution in [0.5, 0.6) is 0 Å². The Labute approximate surface area is 123 Å². The van der Waals surface area contributed by atoms with Gasteiger partial charge in [0.05, 0.1) is 6.20 Å². The predicted octanol–water partition coefficient (Wildman–Crippen LogP) is 1.95. The zero-order valence-electron chi connectivity index (χ0n) is 12.2. The molecule has 1 amide bonds. The van der Waals surface area contributed by atoms with E-state index in [2.05, 4.69) is 29.0 Å². The summed E-state index contributed by atoms with van der Waals surface area (Å²) in [6.45, 7) is 7.59. The Kier molecular flexibility index (Phi) is 4.88. The van der Waals surface area contributed by atoms with Crippen molar-refractivity contribution in [2.24, 2.45) is 0 Å². The van der Waals surface area contributed by atoms with Crippen LogP contribution in [0.15, 0.2) is 6.20 Å². The van der Waals surface area contributed by atoms with Gasteiger partial charge in [-0.25, -0.2) is 4.98 Å². The van der Waals surface area contributed by atoms with Crippen molar-refractivity contribution >= 4 is 23.0 Å². The summed E-state index contributed by atoms with van der Waals surface area (Å²) < 4.78 is 0. The van der Waals surface area contributed by atoms with E-state index < -0.39 is 0 Å². The molecule has 0 spiro atoms. The van der Waals surface area contributed by atoms with Crippen molar-refractivity contribution in [3.8, 4) is 0 Å². The van der Waals surface area contributed by atoms with Gasteiger partial charge in [-0.2, -0.15) is 0 Å². The first-order chi connectivity index (χ1) is 9.49. The Morgan fingerprint density at radius 2 is 2.30 bits per heavy atom. The van der Waals surface area contributed by atoms with Crippen molar-refractivity contribution in [3.63, 3.8) is 0 Å². The third kappa shape index (κ3) is 3.43. The first-order valence-electron chi connectivity index (χ1n) is 6.99. The van der Waals surface area contributed by atoms with E-state index in [1.807, 2.05) is 0 Å². The Bertz CT molecular complexity index is 498. The number of thiazole rings is 1. The Morgan fingerprint density at radius 3 is 2.90 bits per heavy atom. The van der Waals surface area contributed by atoms with Crippen molar-refractivity contribution < 1.29 is 9.59 Å². The molecular formula is C14H21N3O2S.